The van der Waals surface area contributed by atoms with Crippen molar-refractivity contribution in [2.45, 2.75) is 53.9 Å². The summed E-state index contributed by atoms with van der Waals surface area (Å²) in [6, 6.07) is 13.6. The number of aromatic nitrogens is 1. The van der Waals surface area contributed by atoms with Crippen molar-refractivity contribution in [3.8, 4) is 0 Å². The molecule has 0 bridgehead atoms. The van der Waals surface area contributed by atoms with Crippen LogP contribution in [-0.2, 0) is 11.2 Å². The van der Waals surface area contributed by atoms with Gasteiger partial charge in [-0.2, -0.15) is 4.39 Å². The molecule has 0 amide bonds. The molecule has 0 radical (unpaired) electrons. The third kappa shape index (κ3) is 9.19. The summed E-state index contributed by atoms with van der Waals surface area (Å²) in [6.45, 7) is 9.67. The summed E-state index contributed by atoms with van der Waals surface area (Å²) in [7, 11) is 0. The molecule has 0 spiro atoms. The highest BCUT2D eigenvalue weighted by Gasteiger charge is 2.16. The van der Waals surface area contributed by atoms with E-state index in [-0.39, 0.29) is 11.7 Å². The van der Waals surface area contributed by atoms with Crippen LogP contribution in [0.5, 0.6) is 0 Å². The first-order chi connectivity index (χ1) is 11.5. The summed E-state index contributed by atoms with van der Waals surface area (Å²) < 4.78 is 13.2. The normalized spacial score (nSPS) is 10.6. The number of rotatable bonds is 5. The molecule has 2 rings (SSSR count). The fourth-order valence-electron chi connectivity index (χ4n) is 2.17. The number of halogens is 1. The third-order valence-corrected chi connectivity index (χ3v) is 3.46. The maximum atomic E-state index is 13.2. The Bertz CT molecular complexity index is 569. The minimum atomic E-state index is -0.458. The minimum Gasteiger partial charge on any atom is -0.300 e. The first-order valence-electron chi connectivity index (χ1n) is 8.66. The number of carbonyl (C=O) groups excluding carboxylic acids is 1. The van der Waals surface area contributed by atoms with E-state index in [0.717, 1.165) is 12.8 Å². The first kappa shape index (κ1) is 22.0. The molecule has 0 aliphatic carbocycles. The van der Waals surface area contributed by atoms with Crippen LogP contribution in [0.4, 0.5) is 4.39 Å². The lowest BCUT2D eigenvalue weighted by Gasteiger charge is -2.12. The van der Waals surface area contributed by atoms with E-state index in [4.69, 9.17) is 0 Å². The second kappa shape index (κ2) is 13.4. The Balaban J connectivity index is 0.000000488. The smallest absolute Gasteiger partial charge is 0.216 e. The fraction of sp³-hybridized carbons (Fsp3) is 0.429. The molecular weight excluding hydrogens is 301 g/mol. The zero-order valence-electron chi connectivity index (χ0n) is 15.6. The van der Waals surface area contributed by atoms with Crippen LogP contribution >= 0.6 is 0 Å². The van der Waals surface area contributed by atoms with Gasteiger partial charge in [0.25, 0.3) is 0 Å². The van der Waals surface area contributed by atoms with Crippen molar-refractivity contribution >= 4 is 5.78 Å². The molecule has 24 heavy (non-hydrogen) atoms. The molecule has 0 aliphatic heterocycles. The van der Waals surface area contributed by atoms with Crippen LogP contribution in [0.15, 0.2) is 48.7 Å². The number of Topliss-reactive ketones (excluding diaryl/α,β-unsaturated/α-hetero) is 1. The van der Waals surface area contributed by atoms with Crippen LogP contribution in [0, 0.1) is 18.8 Å². The average Bonchev–Trinajstić information content (AvgIpc) is 2.59. The van der Waals surface area contributed by atoms with Gasteiger partial charge >= 0.3 is 0 Å². The standard InChI is InChI=1S/C12H16FNO.C7H8.C2H6/c1-3-5-10(9(2)15)8-11-6-4-7-14-12(11)13;1-7-5-3-2-4-6-7;1-2/h4,6-7,10H,3,5,8H2,1-2H3;2-6H,1H3;1-2H3. The van der Waals surface area contributed by atoms with Gasteiger partial charge in [0.2, 0.25) is 5.95 Å². The molecule has 0 saturated carbocycles. The number of ketones is 1. The van der Waals surface area contributed by atoms with Gasteiger partial charge in [0.15, 0.2) is 0 Å². The highest BCUT2D eigenvalue weighted by molar-refractivity contribution is 5.78. The Kier molecular flexibility index (Phi) is 12.3. The highest BCUT2D eigenvalue weighted by atomic mass is 19.1. The monoisotopic (exact) mass is 331 g/mol. The van der Waals surface area contributed by atoms with Crippen LogP contribution in [-0.4, -0.2) is 10.8 Å². The van der Waals surface area contributed by atoms with Gasteiger partial charge in [0.1, 0.15) is 5.78 Å². The van der Waals surface area contributed by atoms with E-state index in [1.807, 2.05) is 39.0 Å². The SMILES string of the molecule is CC.CCCC(Cc1cccnc1F)C(C)=O.Cc1ccccc1. The van der Waals surface area contributed by atoms with Crippen molar-refractivity contribution in [2.75, 3.05) is 0 Å². The van der Waals surface area contributed by atoms with Crippen molar-refractivity contribution in [1.82, 2.24) is 4.98 Å². The molecule has 0 saturated heterocycles. The minimum absolute atomic E-state index is 0.0753. The van der Waals surface area contributed by atoms with Gasteiger partial charge in [-0.1, -0.05) is 69.2 Å². The number of carbonyl (C=O) groups is 1. The van der Waals surface area contributed by atoms with E-state index < -0.39 is 5.95 Å². The molecule has 1 aromatic heterocycles. The predicted octanol–water partition coefficient (Wildman–Crippen LogP) is 5.79. The Morgan fingerprint density at radius 1 is 1.12 bits per heavy atom. The number of aryl methyl sites for hydroxylation is 1. The topological polar surface area (TPSA) is 30.0 Å². The molecule has 0 fully saturated rings. The van der Waals surface area contributed by atoms with E-state index >= 15 is 0 Å². The molecule has 2 aromatic rings. The van der Waals surface area contributed by atoms with Crippen LogP contribution in [0.1, 0.15) is 51.7 Å². The molecule has 1 aromatic carbocycles. The van der Waals surface area contributed by atoms with E-state index in [2.05, 4.69) is 24.0 Å². The Morgan fingerprint density at radius 3 is 2.17 bits per heavy atom. The maximum Gasteiger partial charge on any atom is 0.216 e. The molecule has 132 valence electrons. The number of hydrogen-bond acceptors (Lipinski definition) is 2. The van der Waals surface area contributed by atoms with Crippen molar-refractivity contribution < 1.29 is 9.18 Å². The van der Waals surface area contributed by atoms with E-state index in [0.29, 0.717) is 12.0 Å². The fourth-order valence-corrected chi connectivity index (χ4v) is 2.17. The Labute approximate surface area is 146 Å². The zero-order valence-corrected chi connectivity index (χ0v) is 15.6. The molecular formula is C21H30FNO. The van der Waals surface area contributed by atoms with E-state index in [9.17, 15) is 9.18 Å². The van der Waals surface area contributed by atoms with Gasteiger partial charge in [-0.25, -0.2) is 4.98 Å². The maximum absolute atomic E-state index is 13.2. The lowest BCUT2D eigenvalue weighted by atomic mass is 9.92. The molecule has 3 heteroatoms. The van der Waals surface area contributed by atoms with Crippen molar-refractivity contribution in [3.63, 3.8) is 0 Å². The van der Waals surface area contributed by atoms with Crippen molar-refractivity contribution in [2.24, 2.45) is 5.92 Å². The second-order valence-electron chi connectivity index (χ2n) is 5.41. The quantitative estimate of drug-likeness (QED) is 0.649. The number of benzene rings is 1. The summed E-state index contributed by atoms with van der Waals surface area (Å²) in [6.07, 6.45) is 3.63. The molecule has 1 unspecified atom stereocenters. The molecule has 1 atom stereocenters. The van der Waals surface area contributed by atoms with Gasteiger partial charge in [-0.05, 0) is 32.8 Å². The molecule has 0 N–H and O–H groups in total. The van der Waals surface area contributed by atoms with Gasteiger partial charge in [0.05, 0.1) is 0 Å². The number of nitrogens with zero attached hydrogens (tertiary/aromatic N) is 1. The molecule has 2 nitrogen and oxygen atoms in total. The average molecular weight is 331 g/mol. The van der Waals surface area contributed by atoms with Crippen LogP contribution in [0.25, 0.3) is 0 Å². The third-order valence-electron chi connectivity index (χ3n) is 3.46. The lowest BCUT2D eigenvalue weighted by Crippen LogP contribution is -2.14. The zero-order chi connectivity index (χ0) is 18.4. The van der Waals surface area contributed by atoms with Crippen molar-refractivity contribution in [1.29, 1.82) is 0 Å². The van der Waals surface area contributed by atoms with E-state index in [1.165, 1.54) is 11.8 Å². The van der Waals surface area contributed by atoms with Gasteiger partial charge in [0, 0.05) is 17.7 Å². The highest BCUT2D eigenvalue weighted by Crippen LogP contribution is 2.16. The lowest BCUT2D eigenvalue weighted by molar-refractivity contribution is -0.120. The van der Waals surface area contributed by atoms with Crippen LogP contribution in [0.2, 0.25) is 0 Å². The molecule has 0 aliphatic rings. The summed E-state index contributed by atoms with van der Waals surface area (Å²) in [4.78, 5) is 14.9. The largest absolute Gasteiger partial charge is 0.300 e. The summed E-state index contributed by atoms with van der Waals surface area (Å²) in [5.41, 5.74) is 1.86. The summed E-state index contributed by atoms with van der Waals surface area (Å²) in [5, 5.41) is 0. The van der Waals surface area contributed by atoms with Crippen LogP contribution in [0.3, 0.4) is 0 Å². The van der Waals surface area contributed by atoms with Crippen LogP contribution < -0.4 is 0 Å². The van der Waals surface area contributed by atoms with Gasteiger partial charge < -0.3 is 0 Å². The van der Waals surface area contributed by atoms with E-state index in [1.54, 1.807) is 19.1 Å². The Morgan fingerprint density at radius 2 is 1.75 bits per heavy atom. The summed E-state index contributed by atoms with van der Waals surface area (Å²) in [5.74, 6) is -0.409. The number of hydrogen-bond donors (Lipinski definition) is 0. The number of pyridine rings is 1. The second-order valence-corrected chi connectivity index (χ2v) is 5.41. The van der Waals surface area contributed by atoms with Crippen molar-refractivity contribution in [3.05, 3.63) is 65.7 Å². The van der Waals surface area contributed by atoms with Gasteiger partial charge in [-0.15, -0.1) is 0 Å². The van der Waals surface area contributed by atoms with Gasteiger partial charge in [-0.3, -0.25) is 4.79 Å². The first-order valence-corrected chi connectivity index (χ1v) is 8.66. The predicted molar refractivity (Wildman–Crippen MR) is 99.5 cm³/mol. The Hall–Kier alpha value is -2.03. The molecule has 1 heterocycles. The summed E-state index contributed by atoms with van der Waals surface area (Å²) >= 11 is 0.